The lowest BCUT2D eigenvalue weighted by Gasteiger charge is -2.30. The van der Waals surface area contributed by atoms with E-state index < -0.39 is 17.5 Å². The molecule has 0 spiro atoms. The Morgan fingerprint density at radius 3 is 1.93 bits per heavy atom. The van der Waals surface area contributed by atoms with Crippen LogP contribution in [-0.4, -0.2) is 0 Å². The van der Waals surface area contributed by atoms with E-state index in [0.29, 0.717) is 5.56 Å². The topological polar surface area (TPSA) is 0 Å². The molecule has 0 N–H and O–H groups in total. The third-order valence-electron chi connectivity index (χ3n) is 8.09. The van der Waals surface area contributed by atoms with Crippen molar-refractivity contribution in [2.24, 2.45) is 0 Å². The maximum Gasteiger partial charge on any atom is 0.194 e. The highest BCUT2D eigenvalue weighted by molar-refractivity contribution is 6.12. The lowest BCUT2D eigenvalue weighted by atomic mass is 9.73. The normalized spacial score (nSPS) is 14.8. The Kier molecular flexibility index (Phi) is 5.82. The summed E-state index contributed by atoms with van der Waals surface area (Å²) in [7, 11) is 0. The molecule has 7 rings (SSSR count). The number of halogens is 3. The quantitative estimate of drug-likeness (QED) is 0.201. The van der Waals surface area contributed by atoms with Gasteiger partial charge in [-0.2, -0.15) is 0 Å². The zero-order valence-corrected chi connectivity index (χ0v) is 21.9. The van der Waals surface area contributed by atoms with Crippen LogP contribution in [0.2, 0.25) is 0 Å². The van der Waals surface area contributed by atoms with Gasteiger partial charge < -0.3 is 0 Å². The van der Waals surface area contributed by atoms with Gasteiger partial charge in [0.1, 0.15) is 0 Å². The molecule has 1 unspecified atom stereocenters. The van der Waals surface area contributed by atoms with Gasteiger partial charge in [0.05, 0.1) is 0 Å². The van der Waals surface area contributed by atoms with Crippen molar-refractivity contribution >= 4 is 33.2 Å². The van der Waals surface area contributed by atoms with Gasteiger partial charge in [-0.05, 0) is 96.6 Å². The van der Waals surface area contributed by atoms with Crippen molar-refractivity contribution in [1.29, 1.82) is 0 Å². The highest BCUT2D eigenvalue weighted by atomic mass is 19.2. The molecule has 0 nitrogen and oxygen atoms in total. The molecule has 1 aliphatic carbocycles. The van der Waals surface area contributed by atoms with Crippen molar-refractivity contribution in [2.45, 2.75) is 19.3 Å². The summed E-state index contributed by atoms with van der Waals surface area (Å²) in [6.07, 6.45) is 3.01. The lowest BCUT2D eigenvalue weighted by molar-refractivity contribution is 0.447. The molecule has 0 aliphatic heterocycles. The van der Waals surface area contributed by atoms with Gasteiger partial charge in [-0.15, -0.1) is 0 Å². The number of fused-ring (bicyclic) bond motifs is 3. The molecule has 0 saturated heterocycles. The van der Waals surface area contributed by atoms with E-state index in [0.717, 1.165) is 73.5 Å². The van der Waals surface area contributed by atoms with Gasteiger partial charge in [-0.3, -0.25) is 0 Å². The van der Waals surface area contributed by atoms with Gasteiger partial charge >= 0.3 is 0 Å². The zero-order valence-electron chi connectivity index (χ0n) is 21.9. The van der Waals surface area contributed by atoms with Crippen LogP contribution in [0.3, 0.4) is 0 Å². The zero-order chi connectivity index (χ0) is 27.4. The van der Waals surface area contributed by atoms with Gasteiger partial charge in [0.25, 0.3) is 0 Å². The van der Waals surface area contributed by atoms with Gasteiger partial charge in [0, 0.05) is 0 Å². The fourth-order valence-electron chi connectivity index (χ4n) is 6.33. The third-order valence-corrected chi connectivity index (χ3v) is 8.09. The van der Waals surface area contributed by atoms with E-state index in [9.17, 15) is 13.2 Å². The first-order valence-electron chi connectivity index (χ1n) is 13.5. The molecule has 0 saturated carbocycles. The number of benzene rings is 6. The fourth-order valence-corrected chi connectivity index (χ4v) is 6.33. The van der Waals surface area contributed by atoms with Crippen LogP contribution in [0.1, 0.15) is 36.0 Å². The minimum Gasteiger partial charge on any atom is -0.204 e. The summed E-state index contributed by atoms with van der Waals surface area (Å²) in [4.78, 5) is 0. The predicted octanol–water partition coefficient (Wildman–Crippen LogP) is 10.8. The Hall–Kier alpha value is -4.63. The molecular weight excluding hydrogens is 501 g/mol. The molecule has 1 aliphatic rings. The summed E-state index contributed by atoms with van der Waals surface area (Å²) < 4.78 is 43.3. The maximum atomic E-state index is 14.6. The molecule has 194 valence electrons. The Morgan fingerprint density at radius 2 is 1.20 bits per heavy atom. The minimum atomic E-state index is -1.45. The first-order valence-corrected chi connectivity index (χ1v) is 13.5. The Labute approximate surface area is 231 Å². The van der Waals surface area contributed by atoms with Crippen molar-refractivity contribution in [3.8, 4) is 22.3 Å². The third kappa shape index (κ3) is 3.93. The maximum absolute atomic E-state index is 14.6. The van der Waals surface area contributed by atoms with Crippen molar-refractivity contribution in [3.05, 3.63) is 143 Å². The summed E-state index contributed by atoms with van der Waals surface area (Å²) in [5.74, 6) is -3.77. The average molecular weight is 527 g/mol. The molecule has 0 amide bonds. The highest BCUT2D eigenvalue weighted by Gasteiger charge is 2.29. The smallest absolute Gasteiger partial charge is 0.194 e. The first-order chi connectivity index (χ1) is 19.5. The van der Waals surface area contributed by atoms with E-state index >= 15 is 0 Å². The molecule has 0 radical (unpaired) electrons. The summed E-state index contributed by atoms with van der Waals surface area (Å²) in [5, 5.41) is 4.17. The summed E-state index contributed by atoms with van der Waals surface area (Å²) in [6, 6.07) is 35.3. The van der Waals surface area contributed by atoms with Crippen LogP contribution < -0.4 is 0 Å². The molecule has 0 fully saturated rings. The van der Waals surface area contributed by atoms with E-state index in [4.69, 9.17) is 0 Å². The van der Waals surface area contributed by atoms with Gasteiger partial charge in [0.2, 0.25) is 0 Å². The number of rotatable bonds is 3. The fraction of sp³-hybridized carbons (Fsp3) is 0.0811. The number of hydrogen-bond acceptors (Lipinski definition) is 0. The van der Waals surface area contributed by atoms with Crippen molar-refractivity contribution in [3.63, 3.8) is 0 Å². The van der Waals surface area contributed by atoms with Crippen molar-refractivity contribution < 1.29 is 13.2 Å². The minimum absolute atomic E-state index is 0.0465. The standard InChI is InChI=1S/C37H25F3/c1-22-17-27(23-9-3-2-4-10-23)19-31-34(22)36(28-20-32(38)37(40)33(39)21-28)30-14-8-7-13-29(30)35(31)26-16-15-24-11-5-6-12-25(24)18-26/h2-16,18-22H,17H2,1H3. The van der Waals surface area contributed by atoms with Crippen LogP contribution in [0.25, 0.3) is 55.4 Å². The van der Waals surface area contributed by atoms with Crippen molar-refractivity contribution in [2.75, 3.05) is 0 Å². The second-order valence-corrected chi connectivity index (χ2v) is 10.6. The van der Waals surface area contributed by atoms with Crippen LogP contribution in [0.15, 0.2) is 109 Å². The molecule has 0 heterocycles. The largest absolute Gasteiger partial charge is 0.204 e. The lowest BCUT2D eigenvalue weighted by Crippen LogP contribution is -2.09. The Bertz CT molecular complexity index is 1940. The van der Waals surface area contributed by atoms with Crippen LogP contribution in [0.4, 0.5) is 13.2 Å². The Balaban J connectivity index is 1.63. The highest BCUT2D eigenvalue weighted by Crippen LogP contribution is 2.50. The van der Waals surface area contributed by atoms with E-state index in [1.165, 1.54) is 5.57 Å². The number of allylic oxidation sites excluding steroid dienone is 1. The molecule has 40 heavy (non-hydrogen) atoms. The second-order valence-electron chi connectivity index (χ2n) is 10.6. The Morgan fingerprint density at radius 1 is 0.575 bits per heavy atom. The van der Waals surface area contributed by atoms with Crippen LogP contribution >= 0.6 is 0 Å². The number of hydrogen-bond donors (Lipinski definition) is 0. The van der Waals surface area contributed by atoms with Gasteiger partial charge in [0.15, 0.2) is 17.5 Å². The van der Waals surface area contributed by atoms with Crippen LogP contribution in [0, 0.1) is 17.5 Å². The molecule has 6 aromatic rings. The first kappa shape index (κ1) is 24.4. The molecule has 0 aromatic heterocycles. The molecule has 0 bridgehead atoms. The molecule has 1 atom stereocenters. The average Bonchev–Trinajstić information content (AvgIpc) is 2.98. The summed E-state index contributed by atoms with van der Waals surface area (Å²) in [6.45, 7) is 2.16. The molecular formula is C37H25F3. The van der Waals surface area contributed by atoms with Crippen LogP contribution in [0.5, 0.6) is 0 Å². The van der Waals surface area contributed by atoms with Gasteiger partial charge in [-0.1, -0.05) is 104 Å². The second kappa shape index (κ2) is 9.53. The molecule has 6 aromatic carbocycles. The predicted molar refractivity (Wildman–Crippen MR) is 160 cm³/mol. The van der Waals surface area contributed by atoms with E-state index in [1.54, 1.807) is 0 Å². The van der Waals surface area contributed by atoms with E-state index in [2.05, 4.69) is 61.5 Å². The summed E-state index contributed by atoms with van der Waals surface area (Å²) in [5.41, 5.74) is 7.67. The van der Waals surface area contributed by atoms with E-state index in [-0.39, 0.29) is 5.92 Å². The van der Waals surface area contributed by atoms with Crippen LogP contribution in [-0.2, 0) is 0 Å². The molecule has 3 heteroatoms. The SMILES string of the molecule is CC1CC(c2ccccc2)=Cc2c1c(-c1cc(F)c(F)c(F)c1)c1ccccc1c2-c1ccc2ccccc2c1. The monoisotopic (exact) mass is 526 g/mol. The van der Waals surface area contributed by atoms with Gasteiger partial charge in [-0.25, -0.2) is 13.2 Å². The summed E-state index contributed by atoms with van der Waals surface area (Å²) >= 11 is 0. The van der Waals surface area contributed by atoms with E-state index in [1.807, 2.05) is 48.5 Å². The van der Waals surface area contributed by atoms with Crippen molar-refractivity contribution in [1.82, 2.24) is 0 Å².